The molecule has 1 aliphatic carbocycles. The van der Waals surface area contributed by atoms with Crippen LogP contribution < -0.4 is 5.73 Å². The standard InChI is InChI=1S/C11H11N3S/c12-10-5-8(3-4-13-10)9-6-14-11(15-9)7-1-2-7/h3-7H,1-2H2,(H2,12,13). The average molecular weight is 217 g/mol. The molecule has 2 N–H and O–H groups in total. The minimum Gasteiger partial charge on any atom is -0.384 e. The number of thiazole rings is 1. The first kappa shape index (κ1) is 8.85. The minimum absolute atomic E-state index is 0.564. The van der Waals surface area contributed by atoms with Gasteiger partial charge in [0.1, 0.15) is 5.82 Å². The van der Waals surface area contributed by atoms with E-state index >= 15 is 0 Å². The third-order valence-corrected chi connectivity index (χ3v) is 3.72. The van der Waals surface area contributed by atoms with Crippen LogP contribution in [0.5, 0.6) is 0 Å². The molecule has 76 valence electrons. The first-order valence-electron chi connectivity index (χ1n) is 5.00. The molecule has 2 aromatic heterocycles. The van der Waals surface area contributed by atoms with Gasteiger partial charge in [0.05, 0.1) is 9.88 Å². The summed E-state index contributed by atoms with van der Waals surface area (Å²) in [6.45, 7) is 0. The van der Waals surface area contributed by atoms with Crippen molar-refractivity contribution in [1.29, 1.82) is 0 Å². The van der Waals surface area contributed by atoms with Crippen molar-refractivity contribution in [3.05, 3.63) is 29.5 Å². The number of nitrogens with zero attached hydrogens (tertiary/aromatic N) is 2. The number of aromatic nitrogens is 2. The van der Waals surface area contributed by atoms with Crippen molar-refractivity contribution in [2.45, 2.75) is 18.8 Å². The van der Waals surface area contributed by atoms with Gasteiger partial charge < -0.3 is 5.73 Å². The molecule has 0 radical (unpaired) electrons. The highest BCUT2D eigenvalue weighted by Gasteiger charge is 2.26. The minimum atomic E-state index is 0.564. The smallest absolute Gasteiger partial charge is 0.123 e. The second-order valence-corrected chi connectivity index (χ2v) is 4.87. The zero-order valence-corrected chi connectivity index (χ0v) is 9.00. The lowest BCUT2D eigenvalue weighted by molar-refractivity contribution is 1.08. The number of rotatable bonds is 2. The first-order chi connectivity index (χ1) is 7.33. The van der Waals surface area contributed by atoms with Gasteiger partial charge in [-0.2, -0.15) is 0 Å². The first-order valence-corrected chi connectivity index (χ1v) is 5.82. The van der Waals surface area contributed by atoms with Crippen LogP contribution in [-0.2, 0) is 0 Å². The molecule has 0 saturated heterocycles. The van der Waals surface area contributed by atoms with Gasteiger partial charge in [-0.25, -0.2) is 9.97 Å². The Morgan fingerprint density at radius 3 is 2.93 bits per heavy atom. The van der Waals surface area contributed by atoms with Gasteiger partial charge in [0, 0.05) is 18.3 Å². The molecule has 3 rings (SSSR count). The van der Waals surface area contributed by atoms with Crippen molar-refractivity contribution in [2.75, 3.05) is 5.73 Å². The molecule has 0 unspecified atom stereocenters. The lowest BCUT2D eigenvalue weighted by atomic mass is 10.2. The fourth-order valence-corrected chi connectivity index (χ4v) is 2.63. The average Bonchev–Trinajstić information content (AvgIpc) is 2.97. The van der Waals surface area contributed by atoms with Crippen LogP contribution in [0, 0.1) is 0 Å². The number of pyridine rings is 1. The summed E-state index contributed by atoms with van der Waals surface area (Å²) in [4.78, 5) is 9.61. The van der Waals surface area contributed by atoms with Crippen LogP contribution in [0.4, 0.5) is 5.82 Å². The van der Waals surface area contributed by atoms with Gasteiger partial charge in [-0.1, -0.05) is 0 Å². The summed E-state index contributed by atoms with van der Waals surface area (Å²) >= 11 is 1.77. The SMILES string of the molecule is Nc1cc(-c2cnc(C3CC3)s2)ccn1. The van der Waals surface area contributed by atoms with E-state index in [-0.39, 0.29) is 0 Å². The zero-order chi connectivity index (χ0) is 10.3. The van der Waals surface area contributed by atoms with Crippen molar-refractivity contribution < 1.29 is 0 Å². The van der Waals surface area contributed by atoms with E-state index in [0.29, 0.717) is 5.82 Å². The van der Waals surface area contributed by atoms with Crippen LogP contribution >= 0.6 is 11.3 Å². The number of hydrogen-bond acceptors (Lipinski definition) is 4. The molecule has 1 saturated carbocycles. The lowest BCUT2D eigenvalue weighted by Crippen LogP contribution is -1.88. The van der Waals surface area contributed by atoms with Crippen molar-refractivity contribution in [3.8, 4) is 10.4 Å². The maximum atomic E-state index is 5.65. The van der Waals surface area contributed by atoms with Crippen molar-refractivity contribution in [3.63, 3.8) is 0 Å². The maximum absolute atomic E-state index is 5.65. The monoisotopic (exact) mass is 217 g/mol. The largest absolute Gasteiger partial charge is 0.384 e. The van der Waals surface area contributed by atoms with E-state index < -0.39 is 0 Å². The highest BCUT2D eigenvalue weighted by Crippen LogP contribution is 2.43. The molecule has 0 amide bonds. The van der Waals surface area contributed by atoms with E-state index in [1.807, 2.05) is 18.3 Å². The Morgan fingerprint density at radius 2 is 2.20 bits per heavy atom. The third kappa shape index (κ3) is 1.72. The molecule has 0 bridgehead atoms. The fourth-order valence-electron chi connectivity index (χ4n) is 1.54. The highest BCUT2D eigenvalue weighted by atomic mass is 32.1. The van der Waals surface area contributed by atoms with Crippen LogP contribution in [0.1, 0.15) is 23.8 Å². The van der Waals surface area contributed by atoms with Crippen LogP contribution in [0.2, 0.25) is 0 Å². The van der Waals surface area contributed by atoms with E-state index in [9.17, 15) is 0 Å². The molecule has 3 nitrogen and oxygen atoms in total. The molecular formula is C11H11N3S. The van der Waals surface area contributed by atoms with Crippen LogP contribution in [0.15, 0.2) is 24.5 Å². The molecule has 0 spiro atoms. The lowest BCUT2D eigenvalue weighted by Gasteiger charge is -1.96. The van der Waals surface area contributed by atoms with Crippen LogP contribution in [-0.4, -0.2) is 9.97 Å². The number of nitrogens with two attached hydrogens (primary N) is 1. The van der Waals surface area contributed by atoms with Crippen LogP contribution in [0.3, 0.4) is 0 Å². The Balaban J connectivity index is 1.97. The molecule has 0 aliphatic heterocycles. The van der Waals surface area contributed by atoms with Crippen LogP contribution in [0.25, 0.3) is 10.4 Å². The summed E-state index contributed by atoms with van der Waals surface area (Å²) in [6, 6.07) is 3.87. The number of nitrogen functional groups attached to an aromatic ring is 1. The molecular weight excluding hydrogens is 206 g/mol. The predicted octanol–water partition coefficient (Wildman–Crippen LogP) is 2.66. The Morgan fingerprint density at radius 1 is 1.33 bits per heavy atom. The summed E-state index contributed by atoms with van der Waals surface area (Å²) in [5, 5.41) is 1.26. The molecule has 0 aromatic carbocycles. The normalized spacial score (nSPS) is 15.5. The molecule has 2 heterocycles. The van der Waals surface area contributed by atoms with E-state index in [2.05, 4.69) is 9.97 Å². The Bertz CT molecular complexity index is 488. The van der Waals surface area contributed by atoms with Gasteiger partial charge in [0.25, 0.3) is 0 Å². The van der Waals surface area contributed by atoms with Gasteiger partial charge in [-0.3, -0.25) is 0 Å². The highest BCUT2D eigenvalue weighted by molar-refractivity contribution is 7.15. The number of hydrogen-bond donors (Lipinski definition) is 1. The molecule has 4 heteroatoms. The van der Waals surface area contributed by atoms with Crippen molar-refractivity contribution in [1.82, 2.24) is 9.97 Å². The maximum Gasteiger partial charge on any atom is 0.123 e. The predicted molar refractivity (Wildman–Crippen MR) is 61.7 cm³/mol. The fraction of sp³-hybridized carbons (Fsp3) is 0.273. The second kappa shape index (κ2) is 3.31. The summed E-state index contributed by atoms with van der Waals surface area (Å²) in [7, 11) is 0. The summed E-state index contributed by atoms with van der Waals surface area (Å²) < 4.78 is 0. The van der Waals surface area contributed by atoms with E-state index in [1.165, 1.54) is 22.7 Å². The van der Waals surface area contributed by atoms with E-state index in [1.54, 1.807) is 17.5 Å². The van der Waals surface area contributed by atoms with Gasteiger partial charge >= 0.3 is 0 Å². The zero-order valence-electron chi connectivity index (χ0n) is 8.18. The van der Waals surface area contributed by atoms with E-state index in [4.69, 9.17) is 5.73 Å². The molecule has 15 heavy (non-hydrogen) atoms. The Labute approximate surface area is 92.0 Å². The quantitative estimate of drug-likeness (QED) is 0.841. The summed E-state index contributed by atoms with van der Waals surface area (Å²) in [6.07, 6.45) is 6.27. The Hall–Kier alpha value is -1.42. The van der Waals surface area contributed by atoms with Crippen molar-refractivity contribution >= 4 is 17.2 Å². The number of anilines is 1. The van der Waals surface area contributed by atoms with Gasteiger partial charge in [-0.05, 0) is 30.5 Å². The van der Waals surface area contributed by atoms with Crippen molar-refractivity contribution in [2.24, 2.45) is 0 Å². The van der Waals surface area contributed by atoms with E-state index in [0.717, 1.165) is 11.5 Å². The molecule has 1 fully saturated rings. The molecule has 2 aromatic rings. The van der Waals surface area contributed by atoms with Gasteiger partial charge in [0.2, 0.25) is 0 Å². The Kier molecular flexibility index (Phi) is 1.95. The van der Waals surface area contributed by atoms with Gasteiger partial charge in [-0.15, -0.1) is 11.3 Å². The topological polar surface area (TPSA) is 51.8 Å². The summed E-state index contributed by atoms with van der Waals surface area (Å²) in [5.41, 5.74) is 6.77. The molecule has 0 atom stereocenters. The second-order valence-electron chi connectivity index (χ2n) is 3.81. The third-order valence-electron chi connectivity index (χ3n) is 2.52. The summed E-state index contributed by atoms with van der Waals surface area (Å²) in [5.74, 6) is 1.29. The van der Waals surface area contributed by atoms with Gasteiger partial charge in [0.15, 0.2) is 0 Å². The molecule has 1 aliphatic rings.